The number of halogens is 1. The van der Waals surface area contributed by atoms with Crippen LogP contribution in [0, 0.1) is 6.92 Å². The molecular formula is C10H16BrN3. The van der Waals surface area contributed by atoms with Crippen LogP contribution in [0.15, 0.2) is 4.60 Å². The van der Waals surface area contributed by atoms with Crippen LogP contribution in [0.3, 0.4) is 0 Å². The molecule has 1 aromatic heterocycles. The van der Waals surface area contributed by atoms with E-state index in [-0.39, 0.29) is 0 Å². The average Bonchev–Trinajstić information content (AvgIpc) is 2.45. The van der Waals surface area contributed by atoms with E-state index in [0.29, 0.717) is 6.04 Å². The maximum Gasteiger partial charge on any atom is 0.110 e. The summed E-state index contributed by atoms with van der Waals surface area (Å²) in [5.41, 5.74) is 6.73. The molecule has 1 unspecified atom stereocenters. The first kappa shape index (κ1) is 10.2. The molecule has 78 valence electrons. The molecule has 0 radical (unpaired) electrons. The van der Waals surface area contributed by atoms with Crippen molar-refractivity contribution in [2.45, 2.75) is 38.6 Å². The number of aromatic nitrogens is 2. The van der Waals surface area contributed by atoms with Crippen molar-refractivity contribution in [2.75, 3.05) is 6.54 Å². The van der Waals surface area contributed by atoms with Crippen LogP contribution in [-0.4, -0.2) is 16.1 Å². The van der Waals surface area contributed by atoms with E-state index in [4.69, 9.17) is 5.73 Å². The monoisotopic (exact) mass is 257 g/mol. The minimum Gasteiger partial charge on any atom is -0.330 e. The fraction of sp³-hybridized carbons (Fsp3) is 0.700. The van der Waals surface area contributed by atoms with Crippen molar-refractivity contribution >= 4 is 15.9 Å². The Balaban J connectivity index is 2.36. The summed E-state index contributed by atoms with van der Waals surface area (Å²) in [6, 6.07) is 0.555. The van der Waals surface area contributed by atoms with Gasteiger partial charge in [-0.3, -0.25) is 0 Å². The summed E-state index contributed by atoms with van der Waals surface area (Å²) in [6.45, 7) is 2.81. The minimum absolute atomic E-state index is 0.555. The maximum absolute atomic E-state index is 5.62. The molecule has 1 aliphatic heterocycles. The second-order valence-electron chi connectivity index (χ2n) is 3.90. The van der Waals surface area contributed by atoms with Crippen LogP contribution in [0.5, 0.6) is 0 Å². The molecule has 0 bridgehead atoms. The average molecular weight is 258 g/mol. The molecule has 4 heteroatoms. The molecule has 14 heavy (non-hydrogen) atoms. The topological polar surface area (TPSA) is 43.8 Å². The van der Waals surface area contributed by atoms with Crippen molar-refractivity contribution in [3.63, 3.8) is 0 Å². The van der Waals surface area contributed by atoms with Crippen LogP contribution in [0.1, 0.15) is 36.8 Å². The molecule has 0 aromatic carbocycles. The van der Waals surface area contributed by atoms with E-state index in [0.717, 1.165) is 29.7 Å². The van der Waals surface area contributed by atoms with Gasteiger partial charge in [0.1, 0.15) is 10.4 Å². The number of aryl methyl sites for hydroxylation is 2. The Hall–Kier alpha value is -0.350. The van der Waals surface area contributed by atoms with E-state index in [1.54, 1.807) is 0 Å². The Labute approximate surface area is 92.8 Å². The van der Waals surface area contributed by atoms with Crippen molar-refractivity contribution in [1.82, 2.24) is 9.55 Å². The third-order valence-corrected chi connectivity index (χ3v) is 3.84. The molecule has 2 N–H and O–H groups in total. The molecule has 0 amide bonds. The number of nitrogens with zero attached hydrogens (tertiary/aromatic N) is 2. The summed E-state index contributed by atoms with van der Waals surface area (Å²) in [5, 5.41) is 0. The van der Waals surface area contributed by atoms with Crippen LogP contribution in [0.4, 0.5) is 0 Å². The van der Waals surface area contributed by atoms with Gasteiger partial charge < -0.3 is 10.3 Å². The quantitative estimate of drug-likeness (QED) is 0.883. The summed E-state index contributed by atoms with van der Waals surface area (Å²) < 4.78 is 3.47. The highest BCUT2D eigenvalue weighted by atomic mass is 79.9. The molecule has 2 rings (SSSR count). The number of hydrogen-bond donors (Lipinski definition) is 1. The Morgan fingerprint density at radius 1 is 1.64 bits per heavy atom. The van der Waals surface area contributed by atoms with E-state index in [2.05, 4.69) is 32.4 Å². The molecule has 0 saturated heterocycles. The number of hydrogen-bond acceptors (Lipinski definition) is 2. The maximum atomic E-state index is 5.62. The van der Waals surface area contributed by atoms with Gasteiger partial charge >= 0.3 is 0 Å². The second-order valence-corrected chi connectivity index (χ2v) is 4.65. The zero-order valence-corrected chi connectivity index (χ0v) is 10.0. The van der Waals surface area contributed by atoms with Gasteiger partial charge in [0.2, 0.25) is 0 Å². The van der Waals surface area contributed by atoms with E-state index in [1.165, 1.54) is 18.7 Å². The lowest BCUT2D eigenvalue weighted by Crippen LogP contribution is -2.20. The molecule has 3 nitrogen and oxygen atoms in total. The van der Waals surface area contributed by atoms with Gasteiger partial charge in [-0.1, -0.05) is 0 Å². The zero-order chi connectivity index (χ0) is 10.1. The predicted molar refractivity (Wildman–Crippen MR) is 60.3 cm³/mol. The lowest BCUT2D eigenvalue weighted by molar-refractivity contribution is 0.374. The van der Waals surface area contributed by atoms with Gasteiger partial charge in [0.25, 0.3) is 0 Å². The molecular weight excluding hydrogens is 242 g/mol. The molecule has 0 aliphatic carbocycles. The van der Waals surface area contributed by atoms with Crippen molar-refractivity contribution in [3.05, 3.63) is 16.1 Å². The van der Waals surface area contributed by atoms with E-state index in [1.807, 2.05) is 0 Å². The first-order valence-electron chi connectivity index (χ1n) is 5.17. The van der Waals surface area contributed by atoms with Crippen LogP contribution in [0.25, 0.3) is 0 Å². The zero-order valence-electron chi connectivity index (χ0n) is 8.46. The van der Waals surface area contributed by atoms with Gasteiger partial charge in [-0.25, -0.2) is 4.98 Å². The predicted octanol–water partition coefficient (Wildman–Crippen LogP) is 2.18. The van der Waals surface area contributed by atoms with Crippen LogP contribution < -0.4 is 5.73 Å². The fourth-order valence-electron chi connectivity index (χ4n) is 2.22. The van der Waals surface area contributed by atoms with Crippen molar-refractivity contribution in [2.24, 2.45) is 5.73 Å². The van der Waals surface area contributed by atoms with E-state index < -0.39 is 0 Å². The van der Waals surface area contributed by atoms with Gasteiger partial charge in [0.15, 0.2) is 0 Å². The Morgan fingerprint density at radius 3 is 3.14 bits per heavy atom. The highest BCUT2D eigenvalue weighted by Crippen LogP contribution is 2.32. The third-order valence-electron chi connectivity index (χ3n) is 2.89. The second kappa shape index (κ2) is 4.03. The SMILES string of the molecule is Cc1nc2n(c1Br)C(CCN)CCC2. The van der Waals surface area contributed by atoms with Crippen LogP contribution in [-0.2, 0) is 6.42 Å². The van der Waals surface area contributed by atoms with Crippen molar-refractivity contribution < 1.29 is 0 Å². The molecule has 0 spiro atoms. The van der Waals surface area contributed by atoms with Gasteiger partial charge in [-0.15, -0.1) is 0 Å². The van der Waals surface area contributed by atoms with Gasteiger partial charge in [0.05, 0.1) is 5.69 Å². The first-order valence-corrected chi connectivity index (χ1v) is 5.96. The van der Waals surface area contributed by atoms with Gasteiger partial charge in [-0.05, 0) is 48.7 Å². The third kappa shape index (κ3) is 1.61. The summed E-state index contributed by atoms with van der Waals surface area (Å²) in [5.74, 6) is 1.22. The van der Waals surface area contributed by atoms with Crippen molar-refractivity contribution in [1.29, 1.82) is 0 Å². The van der Waals surface area contributed by atoms with Gasteiger partial charge in [-0.2, -0.15) is 0 Å². The normalized spacial score (nSPS) is 20.9. The summed E-state index contributed by atoms with van der Waals surface area (Å²) >= 11 is 3.61. The summed E-state index contributed by atoms with van der Waals surface area (Å²) in [4.78, 5) is 4.56. The Morgan fingerprint density at radius 2 is 2.43 bits per heavy atom. The lowest BCUT2D eigenvalue weighted by Gasteiger charge is -2.25. The highest BCUT2D eigenvalue weighted by Gasteiger charge is 2.23. The molecule has 1 aromatic rings. The molecule has 0 fully saturated rings. The fourth-order valence-corrected chi connectivity index (χ4v) is 2.80. The van der Waals surface area contributed by atoms with E-state index >= 15 is 0 Å². The number of nitrogens with two attached hydrogens (primary N) is 1. The van der Waals surface area contributed by atoms with E-state index in [9.17, 15) is 0 Å². The smallest absolute Gasteiger partial charge is 0.110 e. The van der Waals surface area contributed by atoms with Crippen LogP contribution in [0.2, 0.25) is 0 Å². The highest BCUT2D eigenvalue weighted by molar-refractivity contribution is 9.10. The minimum atomic E-state index is 0.555. The van der Waals surface area contributed by atoms with Crippen molar-refractivity contribution in [3.8, 4) is 0 Å². The van der Waals surface area contributed by atoms with Gasteiger partial charge in [0, 0.05) is 12.5 Å². The molecule has 1 aliphatic rings. The Bertz CT molecular complexity index is 332. The number of rotatable bonds is 2. The number of imidazole rings is 1. The lowest BCUT2D eigenvalue weighted by atomic mass is 10.0. The standard InChI is InChI=1S/C10H16BrN3/c1-7-10(11)14-8(5-6-12)3-2-4-9(14)13-7/h8H,2-6,12H2,1H3. The molecule has 0 saturated carbocycles. The first-order chi connectivity index (χ1) is 6.74. The number of fused-ring (bicyclic) bond motifs is 1. The molecule has 1 atom stereocenters. The summed E-state index contributed by atoms with van der Waals surface area (Å²) in [6.07, 6.45) is 4.64. The molecule has 2 heterocycles. The summed E-state index contributed by atoms with van der Waals surface area (Å²) in [7, 11) is 0. The van der Waals surface area contributed by atoms with Crippen LogP contribution >= 0.6 is 15.9 Å². The Kier molecular flexibility index (Phi) is 2.93. The largest absolute Gasteiger partial charge is 0.330 e.